The first-order chi connectivity index (χ1) is 10.1. The number of benzene rings is 2. The summed E-state index contributed by atoms with van der Waals surface area (Å²) in [6, 6.07) is 16.9. The molecule has 2 N–H and O–H groups in total. The van der Waals surface area contributed by atoms with Crippen LogP contribution in [0.4, 0.5) is 5.69 Å². The van der Waals surface area contributed by atoms with E-state index in [2.05, 4.69) is 67.8 Å². The highest BCUT2D eigenvalue weighted by atomic mass is 32.1. The van der Waals surface area contributed by atoms with Gasteiger partial charge in [0.1, 0.15) is 0 Å². The summed E-state index contributed by atoms with van der Waals surface area (Å²) in [5.74, 6) is 0. The molecule has 0 saturated carbocycles. The summed E-state index contributed by atoms with van der Waals surface area (Å²) in [5, 5.41) is 7.31. The summed E-state index contributed by atoms with van der Waals surface area (Å²) >= 11 is 5.43. The molecule has 0 spiro atoms. The average molecular weight is 298 g/mol. The Hall–Kier alpha value is -1.87. The van der Waals surface area contributed by atoms with Crippen molar-refractivity contribution in [1.82, 2.24) is 5.32 Å². The van der Waals surface area contributed by atoms with Crippen LogP contribution in [0.2, 0.25) is 0 Å². The molecule has 21 heavy (non-hydrogen) atoms. The number of hydrogen-bond donors (Lipinski definition) is 2. The molecular formula is C18H22N2S. The molecule has 0 aromatic heterocycles. The van der Waals surface area contributed by atoms with Crippen LogP contribution in [0.25, 0.3) is 0 Å². The summed E-state index contributed by atoms with van der Waals surface area (Å²) in [5.41, 5.74) is 4.84. The van der Waals surface area contributed by atoms with Crippen molar-refractivity contribution in [3.63, 3.8) is 0 Å². The smallest absolute Gasteiger partial charge is 0.171 e. The summed E-state index contributed by atoms with van der Waals surface area (Å²) in [6.07, 6.45) is 0.987. The van der Waals surface area contributed by atoms with Crippen LogP contribution in [0.3, 0.4) is 0 Å². The second-order valence-electron chi connectivity index (χ2n) is 5.28. The second kappa shape index (κ2) is 7.23. The quantitative estimate of drug-likeness (QED) is 0.797. The van der Waals surface area contributed by atoms with E-state index >= 15 is 0 Å². The monoisotopic (exact) mass is 298 g/mol. The van der Waals surface area contributed by atoms with Crippen molar-refractivity contribution in [3.8, 4) is 0 Å². The van der Waals surface area contributed by atoms with Gasteiger partial charge >= 0.3 is 0 Å². The number of thiocarbonyl (C=S) groups is 1. The van der Waals surface area contributed by atoms with E-state index in [0.717, 1.165) is 12.1 Å². The van der Waals surface area contributed by atoms with Gasteiger partial charge in [0.25, 0.3) is 0 Å². The van der Waals surface area contributed by atoms with Gasteiger partial charge in [0, 0.05) is 5.69 Å². The highest BCUT2D eigenvalue weighted by Gasteiger charge is 2.12. The van der Waals surface area contributed by atoms with Gasteiger partial charge < -0.3 is 10.6 Å². The lowest BCUT2D eigenvalue weighted by Crippen LogP contribution is -2.32. The summed E-state index contributed by atoms with van der Waals surface area (Å²) in [7, 11) is 0. The number of rotatable bonds is 4. The zero-order valence-corrected chi connectivity index (χ0v) is 13.6. The van der Waals surface area contributed by atoms with Crippen LogP contribution in [-0.4, -0.2) is 5.11 Å². The molecule has 110 valence electrons. The van der Waals surface area contributed by atoms with Crippen molar-refractivity contribution < 1.29 is 0 Å². The van der Waals surface area contributed by atoms with Gasteiger partial charge in [-0.15, -0.1) is 0 Å². The third-order valence-corrected chi connectivity index (χ3v) is 3.81. The van der Waals surface area contributed by atoms with Crippen molar-refractivity contribution >= 4 is 23.0 Å². The van der Waals surface area contributed by atoms with E-state index in [1.54, 1.807) is 0 Å². The molecule has 0 aliphatic carbocycles. The summed E-state index contributed by atoms with van der Waals surface area (Å²) in [6.45, 7) is 6.38. The van der Waals surface area contributed by atoms with Crippen LogP contribution in [-0.2, 0) is 0 Å². The van der Waals surface area contributed by atoms with E-state index in [1.807, 2.05) is 12.1 Å². The first-order valence-corrected chi connectivity index (χ1v) is 7.70. The highest BCUT2D eigenvalue weighted by molar-refractivity contribution is 7.80. The maximum atomic E-state index is 5.43. The van der Waals surface area contributed by atoms with Crippen LogP contribution in [0.5, 0.6) is 0 Å². The van der Waals surface area contributed by atoms with E-state index in [9.17, 15) is 0 Å². The fourth-order valence-electron chi connectivity index (χ4n) is 2.34. The lowest BCUT2D eigenvalue weighted by Gasteiger charge is -2.21. The Morgan fingerprint density at radius 1 is 1.05 bits per heavy atom. The molecule has 0 fully saturated rings. The Bertz CT molecular complexity index is 605. The van der Waals surface area contributed by atoms with Gasteiger partial charge in [0.2, 0.25) is 0 Å². The predicted octanol–water partition coefficient (Wildman–Crippen LogP) is 4.74. The van der Waals surface area contributed by atoms with Gasteiger partial charge in [-0.1, -0.05) is 48.9 Å². The van der Waals surface area contributed by atoms with E-state index in [-0.39, 0.29) is 6.04 Å². The minimum absolute atomic E-state index is 0.233. The largest absolute Gasteiger partial charge is 0.356 e. The molecule has 2 aromatic rings. The summed E-state index contributed by atoms with van der Waals surface area (Å²) in [4.78, 5) is 0. The highest BCUT2D eigenvalue weighted by Crippen LogP contribution is 2.20. The van der Waals surface area contributed by atoms with E-state index in [4.69, 9.17) is 12.2 Å². The molecular weight excluding hydrogens is 276 g/mol. The molecule has 0 radical (unpaired) electrons. The minimum atomic E-state index is 0.233. The van der Waals surface area contributed by atoms with Crippen LogP contribution >= 0.6 is 12.2 Å². The van der Waals surface area contributed by atoms with Crippen LogP contribution in [0, 0.1) is 13.8 Å². The first-order valence-electron chi connectivity index (χ1n) is 7.30. The maximum Gasteiger partial charge on any atom is 0.171 e. The lowest BCUT2D eigenvalue weighted by atomic mass is 10.00. The molecule has 0 unspecified atom stereocenters. The fraction of sp³-hybridized carbons (Fsp3) is 0.278. The van der Waals surface area contributed by atoms with E-state index in [0.29, 0.717) is 5.11 Å². The average Bonchev–Trinajstić information content (AvgIpc) is 2.48. The van der Waals surface area contributed by atoms with Gasteiger partial charge in [-0.05, 0) is 55.7 Å². The third-order valence-electron chi connectivity index (χ3n) is 3.59. The van der Waals surface area contributed by atoms with Crippen molar-refractivity contribution in [2.24, 2.45) is 0 Å². The van der Waals surface area contributed by atoms with Gasteiger partial charge in [-0.3, -0.25) is 0 Å². The fourth-order valence-corrected chi connectivity index (χ4v) is 2.60. The Balaban J connectivity index is 2.03. The molecule has 0 heterocycles. The van der Waals surface area contributed by atoms with Crippen LogP contribution in [0.1, 0.15) is 36.1 Å². The third kappa shape index (κ3) is 4.30. The van der Waals surface area contributed by atoms with Crippen molar-refractivity contribution in [2.45, 2.75) is 33.2 Å². The predicted molar refractivity (Wildman–Crippen MR) is 94.7 cm³/mol. The number of hydrogen-bond acceptors (Lipinski definition) is 1. The second-order valence-corrected chi connectivity index (χ2v) is 5.69. The van der Waals surface area contributed by atoms with Gasteiger partial charge in [0.15, 0.2) is 5.11 Å². The first kappa shape index (κ1) is 15.5. The molecule has 0 amide bonds. The topological polar surface area (TPSA) is 24.1 Å². The van der Waals surface area contributed by atoms with Crippen LogP contribution in [0.15, 0.2) is 48.5 Å². The standard InChI is InChI=1S/C18H22N2S/c1-4-17(16-8-6-5-7-14(16)3)20-18(21)19-15-11-9-13(2)10-12-15/h5-12,17H,4H2,1-3H3,(H2,19,20,21)/t17-/m0/s1. The van der Waals surface area contributed by atoms with Crippen molar-refractivity contribution in [2.75, 3.05) is 5.32 Å². The number of nitrogens with one attached hydrogen (secondary N) is 2. The van der Waals surface area contributed by atoms with Crippen molar-refractivity contribution in [3.05, 3.63) is 65.2 Å². The molecule has 2 nitrogen and oxygen atoms in total. The SMILES string of the molecule is CC[C@H](NC(=S)Nc1ccc(C)cc1)c1ccccc1C. The number of aryl methyl sites for hydroxylation is 2. The normalized spacial score (nSPS) is 11.8. The molecule has 0 aliphatic heterocycles. The Labute approximate surface area is 132 Å². The zero-order valence-electron chi connectivity index (χ0n) is 12.8. The Kier molecular flexibility index (Phi) is 5.34. The maximum absolute atomic E-state index is 5.43. The number of anilines is 1. The Morgan fingerprint density at radius 3 is 2.33 bits per heavy atom. The lowest BCUT2D eigenvalue weighted by molar-refractivity contribution is 0.625. The van der Waals surface area contributed by atoms with Gasteiger partial charge in [-0.25, -0.2) is 0 Å². The molecule has 2 aromatic carbocycles. The molecule has 0 saturated heterocycles. The van der Waals surface area contributed by atoms with E-state index < -0.39 is 0 Å². The van der Waals surface area contributed by atoms with E-state index in [1.165, 1.54) is 16.7 Å². The van der Waals surface area contributed by atoms with Gasteiger partial charge in [0.05, 0.1) is 6.04 Å². The molecule has 0 bridgehead atoms. The van der Waals surface area contributed by atoms with Crippen molar-refractivity contribution in [1.29, 1.82) is 0 Å². The molecule has 2 rings (SSSR count). The molecule has 1 atom stereocenters. The Morgan fingerprint density at radius 2 is 1.71 bits per heavy atom. The summed E-state index contributed by atoms with van der Waals surface area (Å²) < 4.78 is 0. The van der Waals surface area contributed by atoms with Gasteiger partial charge in [-0.2, -0.15) is 0 Å². The molecule has 3 heteroatoms. The minimum Gasteiger partial charge on any atom is -0.356 e. The zero-order chi connectivity index (χ0) is 15.2. The molecule has 0 aliphatic rings. The van der Waals surface area contributed by atoms with Crippen LogP contribution < -0.4 is 10.6 Å².